The molecule has 0 bridgehead atoms. The summed E-state index contributed by atoms with van der Waals surface area (Å²) < 4.78 is 0. The molecular weight excluding hydrogens is 210 g/mol. The number of likely N-dealkylation sites (tertiary alicyclic amines) is 1. The molecule has 0 aromatic heterocycles. The number of unbranched alkanes of at least 4 members (excludes halogenated alkanes) is 4. The molecule has 0 aromatic rings. The minimum absolute atomic E-state index is 0.368. The average molecular weight is 237 g/mol. The van der Waals surface area contributed by atoms with Crippen LogP contribution in [-0.4, -0.2) is 22.6 Å². The molecule has 1 rings (SSSR count). The Morgan fingerprint density at radius 1 is 1.35 bits per heavy atom. The minimum atomic E-state index is 0.368. The summed E-state index contributed by atoms with van der Waals surface area (Å²) in [5.41, 5.74) is 1.25. The van der Waals surface area contributed by atoms with Gasteiger partial charge in [0, 0.05) is 12.2 Å². The molecule has 0 aromatic carbocycles. The van der Waals surface area contributed by atoms with Gasteiger partial charge in [0.2, 0.25) is 0 Å². The van der Waals surface area contributed by atoms with Crippen LogP contribution in [0.3, 0.4) is 0 Å². The third-order valence-electron chi connectivity index (χ3n) is 3.58. The van der Waals surface area contributed by atoms with E-state index in [-0.39, 0.29) is 0 Å². The molecule has 0 spiro atoms. The highest BCUT2D eigenvalue weighted by molar-refractivity contribution is 5.06. The van der Waals surface area contributed by atoms with Crippen molar-refractivity contribution in [2.75, 3.05) is 6.54 Å². The predicted molar refractivity (Wildman–Crippen MR) is 74.0 cm³/mol. The van der Waals surface area contributed by atoms with Gasteiger partial charge in [0.15, 0.2) is 0 Å². The topological polar surface area (TPSA) is 23.5 Å². The molecule has 2 heteroatoms. The van der Waals surface area contributed by atoms with E-state index in [1.165, 1.54) is 50.5 Å². The van der Waals surface area contributed by atoms with Crippen LogP contribution in [0.1, 0.15) is 58.3 Å². The van der Waals surface area contributed by atoms with Crippen LogP contribution in [0.2, 0.25) is 0 Å². The molecule has 1 aliphatic heterocycles. The van der Waals surface area contributed by atoms with Crippen LogP contribution in [0.15, 0.2) is 24.6 Å². The summed E-state index contributed by atoms with van der Waals surface area (Å²) in [7, 11) is 0. The lowest BCUT2D eigenvalue weighted by Gasteiger charge is -2.37. The Morgan fingerprint density at radius 2 is 2.12 bits per heavy atom. The molecule has 0 saturated carbocycles. The maximum absolute atomic E-state index is 8.93. The second kappa shape index (κ2) is 8.21. The van der Waals surface area contributed by atoms with Gasteiger partial charge in [-0.1, -0.05) is 39.2 Å². The van der Waals surface area contributed by atoms with E-state index in [1.807, 2.05) is 6.08 Å². The molecule has 0 aliphatic carbocycles. The second-order valence-electron chi connectivity index (χ2n) is 4.97. The fourth-order valence-electron chi connectivity index (χ4n) is 2.56. The predicted octanol–water partition coefficient (Wildman–Crippen LogP) is 4.40. The third kappa shape index (κ3) is 4.84. The van der Waals surface area contributed by atoms with Crippen LogP contribution >= 0.6 is 0 Å². The molecule has 0 radical (unpaired) electrons. The number of aliphatic hydroxyl groups excluding tert-OH is 1. The lowest BCUT2D eigenvalue weighted by Crippen LogP contribution is -2.36. The Hall–Kier alpha value is -0.920. The van der Waals surface area contributed by atoms with Gasteiger partial charge in [0.1, 0.15) is 0 Å². The summed E-state index contributed by atoms with van der Waals surface area (Å²) in [4.78, 5) is 2.38. The van der Waals surface area contributed by atoms with Crippen molar-refractivity contribution in [2.24, 2.45) is 0 Å². The number of hydrogen-bond donors (Lipinski definition) is 1. The van der Waals surface area contributed by atoms with E-state index in [4.69, 9.17) is 5.11 Å². The molecule has 0 amide bonds. The number of aliphatic hydroxyl groups is 1. The molecule has 1 saturated heterocycles. The molecule has 1 heterocycles. The van der Waals surface area contributed by atoms with Crippen molar-refractivity contribution in [3.05, 3.63) is 24.6 Å². The van der Waals surface area contributed by atoms with E-state index in [0.29, 0.717) is 6.04 Å². The summed E-state index contributed by atoms with van der Waals surface area (Å²) in [5, 5.41) is 8.93. The van der Waals surface area contributed by atoms with E-state index in [2.05, 4.69) is 18.4 Å². The maximum Gasteiger partial charge on any atom is 0.0772 e. The van der Waals surface area contributed by atoms with E-state index in [1.54, 1.807) is 0 Å². The zero-order chi connectivity index (χ0) is 12.5. The van der Waals surface area contributed by atoms with E-state index in [0.717, 1.165) is 19.4 Å². The molecule has 98 valence electrons. The highest BCUT2D eigenvalue weighted by Gasteiger charge is 2.21. The molecule has 1 N–H and O–H groups in total. The van der Waals surface area contributed by atoms with E-state index < -0.39 is 0 Å². The number of nitrogens with zero attached hydrogens (tertiary/aromatic N) is 1. The number of rotatable bonds is 7. The van der Waals surface area contributed by atoms with Crippen LogP contribution in [0.5, 0.6) is 0 Å². The molecule has 1 fully saturated rings. The van der Waals surface area contributed by atoms with Crippen molar-refractivity contribution in [3.63, 3.8) is 0 Å². The van der Waals surface area contributed by atoms with Gasteiger partial charge in [-0.25, -0.2) is 0 Å². The first kappa shape index (κ1) is 14.1. The first-order valence-corrected chi connectivity index (χ1v) is 7.05. The zero-order valence-electron chi connectivity index (χ0n) is 11.2. The Morgan fingerprint density at radius 3 is 2.82 bits per heavy atom. The van der Waals surface area contributed by atoms with Crippen LogP contribution in [-0.2, 0) is 0 Å². The lowest BCUT2D eigenvalue weighted by molar-refractivity contribution is 0.229. The molecule has 17 heavy (non-hydrogen) atoms. The van der Waals surface area contributed by atoms with Crippen LogP contribution in [0.4, 0.5) is 0 Å². The molecule has 1 atom stereocenters. The quantitative estimate of drug-likeness (QED) is 0.524. The highest BCUT2D eigenvalue weighted by Crippen LogP contribution is 2.26. The fourth-order valence-corrected chi connectivity index (χ4v) is 2.56. The molecular formula is C15H27NO. The van der Waals surface area contributed by atoms with Crippen molar-refractivity contribution < 1.29 is 5.11 Å². The van der Waals surface area contributed by atoms with Crippen molar-refractivity contribution >= 4 is 0 Å². The SMILES string of the molecule is C=C1CCCC(C=CO)N1CCCCCCC. The summed E-state index contributed by atoms with van der Waals surface area (Å²) in [6.07, 6.45) is 13.1. The lowest BCUT2D eigenvalue weighted by atomic mass is 9.99. The smallest absolute Gasteiger partial charge is 0.0772 e. The van der Waals surface area contributed by atoms with Gasteiger partial charge in [0.05, 0.1) is 12.3 Å². The van der Waals surface area contributed by atoms with Gasteiger partial charge < -0.3 is 10.0 Å². The zero-order valence-corrected chi connectivity index (χ0v) is 11.2. The van der Waals surface area contributed by atoms with Crippen LogP contribution in [0.25, 0.3) is 0 Å². The maximum atomic E-state index is 8.93. The first-order valence-electron chi connectivity index (χ1n) is 7.05. The summed E-state index contributed by atoms with van der Waals surface area (Å²) in [6, 6.07) is 0.368. The van der Waals surface area contributed by atoms with Gasteiger partial charge >= 0.3 is 0 Å². The number of piperidine rings is 1. The Bertz CT molecular complexity index is 247. The summed E-state index contributed by atoms with van der Waals surface area (Å²) in [6.45, 7) is 7.49. The number of allylic oxidation sites excluding steroid dienone is 1. The van der Waals surface area contributed by atoms with E-state index >= 15 is 0 Å². The Balaban J connectivity index is 2.33. The largest absolute Gasteiger partial charge is 0.516 e. The minimum Gasteiger partial charge on any atom is -0.516 e. The average Bonchev–Trinajstić information content (AvgIpc) is 2.32. The standard InChI is InChI=1S/C15H27NO/c1-3-4-5-6-7-12-16-14(2)9-8-10-15(16)11-13-17/h11,13,15,17H,2-10,12H2,1H3. The fraction of sp³-hybridized carbons (Fsp3) is 0.733. The van der Waals surface area contributed by atoms with Gasteiger partial charge in [-0.05, 0) is 31.8 Å². The van der Waals surface area contributed by atoms with Crippen molar-refractivity contribution in [2.45, 2.75) is 64.3 Å². The van der Waals surface area contributed by atoms with Crippen molar-refractivity contribution in [3.8, 4) is 0 Å². The van der Waals surface area contributed by atoms with Crippen LogP contribution in [0, 0.1) is 0 Å². The Labute approximate surface area is 106 Å². The second-order valence-corrected chi connectivity index (χ2v) is 4.97. The Kier molecular flexibility index (Phi) is 6.83. The molecule has 2 nitrogen and oxygen atoms in total. The van der Waals surface area contributed by atoms with Crippen molar-refractivity contribution in [1.29, 1.82) is 0 Å². The summed E-state index contributed by atoms with van der Waals surface area (Å²) in [5.74, 6) is 0. The van der Waals surface area contributed by atoms with Crippen molar-refractivity contribution in [1.82, 2.24) is 4.90 Å². The van der Waals surface area contributed by atoms with Gasteiger partial charge in [-0.3, -0.25) is 0 Å². The third-order valence-corrected chi connectivity index (χ3v) is 3.58. The monoisotopic (exact) mass is 237 g/mol. The number of hydrogen-bond acceptors (Lipinski definition) is 2. The summed E-state index contributed by atoms with van der Waals surface area (Å²) >= 11 is 0. The normalized spacial score (nSPS) is 21.4. The van der Waals surface area contributed by atoms with Gasteiger partial charge in [-0.15, -0.1) is 0 Å². The van der Waals surface area contributed by atoms with E-state index in [9.17, 15) is 0 Å². The molecule has 1 unspecified atom stereocenters. The molecule has 1 aliphatic rings. The highest BCUT2D eigenvalue weighted by atomic mass is 16.2. The van der Waals surface area contributed by atoms with Crippen LogP contribution < -0.4 is 0 Å². The van der Waals surface area contributed by atoms with Gasteiger partial charge in [0.25, 0.3) is 0 Å². The van der Waals surface area contributed by atoms with Gasteiger partial charge in [-0.2, -0.15) is 0 Å². The first-order chi connectivity index (χ1) is 8.29.